The van der Waals surface area contributed by atoms with Crippen molar-refractivity contribution in [2.75, 3.05) is 0 Å². The van der Waals surface area contributed by atoms with Crippen LogP contribution < -0.4 is 5.32 Å². The molecule has 0 fully saturated rings. The predicted molar refractivity (Wildman–Crippen MR) is 127 cm³/mol. The maximum absolute atomic E-state index is 12.5. The lowest BCUT2D eigenvalue weighted by Crippen LogP contribution is -2.22. The van der Waals surface area contributed by atoms with Crippen LogP contribution in [-0.4, -0.2) is 15.5 Å². The second kappa shape index (κ2) is 9.67. The van der Waals surface area contributed by atoms with Gasteiger partial charge in [-0.2, -0.15) is 0 Å². The minimum absolute atomic E-state index is 0.0627. The van der Waals surface area contributed by atoms with Gasteiger partial charge < -0.3 is 9.88 Å². The summed E-state index contributed by atoms with van der Waals surface area (Å²) in [5.74, 6) is 1.77. The van der Waals surface area contributed by atoms with Crippen molar-refractivity contribution in [1.29, 1.82) is 0 Å². The van der Waals surface area contributed by atoms with E-state index >= 15 is 0 Å². The van der Waals surface area contributed by atoms with E-state index in [2.05, 4.69) is 41.5 Å². The quantitative estimate of drug-likeness (QED) is 0.384. The van der Waals surface area contributed by atoms with Gasteiger partial charge in [-0.1, -0.05) is 42.0 Å². The molecular formula is C26H25N3OS. The van der Waals surface area contributed by atoms with Crippen molar-refractivity contribution in [1.82, 2.24) is 14.9 Å². The van der Waals surface area contributed by atoms with Crippen LogP contribution in [0.4, 0.5) is 0 Å². The highest BCUT2D eigenvalue weighted by Crippen LogP contribution is 2.23. The van der Waals surface area contributed by atoms with E-state index in [1.165, 1.54) is 16.0 Å². The fourth-order valence-electron chi connectivity index (χ4n) is 3.26. The molecule has 0 aliphatic heterocycles. The van der Waals surface area contributed by atoms with Crippen molar-refractivity contribution in [3.8, 4) is 5.69 Å². The molecule has 4 rings (SSSR count). The number of hydrogen-bond donors (Lipinski definition) is 1. The molecule has 156 valence electrons. The van der Waals surface area contributed by atoms with Gasteiger partial charge in [0.1, 0.15) is 5.82 Å². The summed E-state index contributed by atoms with van der Waals surface area (Å²) in [6.07, 6.45) is 3.73. The standard InChI is InChI=1S/C26H25N3OS/c1-19-3-13-25(14-4-19)31-18-22-5-9-23(10-6-22)26(30)28-17-21-7-11-24(12-8-21)29-16-15-27-20(29)2/h3-16H,17-18H2,1-2H3,(H,28,30). The molecule has 1 aromatic heterocycles. The number of thioether (sulfide) groups is 1. The summed E-state index contributed by atoms with van der Waals surface area (Å²) < 4.78 is 2.03. The van der Waals surface area contributed by atoms with E-state index in [4.69, 9.17) is 0 Å². The topological polar surface area (TPSA) is 46.9 Å². The Bertz CT molecular complexity index is 1150. The third kappa shape index (κ3) is 5.44. The molecule has 3 aromatic carbocycles. The van der Waals surface area contributed by atoms with Crippen LogP contribution in [0.2, 0.25) is 0 Å². The molecular weight excluding hydrogens is 402 g/mol. The van der Waals surface area contributed by atoms with Crippen LogP contribution in [0, 0.1) is 13.8 Å². The maximum Gasteiger partial charge on any atom is 0.251 e. The van der Waals surface area contributed by atoms with Gasteiger partial charge in [0.15, 0.2) is 0 Å². The lowest BCUT2D eigenvalue weighted by atomic mass is 10.1. The average Bonchev–Trinajstić information content (AvgIpc) is 3.23. The van der Waals surface area contributed by atoms with E-state index in [1.54, 1.807) is 18.0 Å². The number of rotatable bonds is 7. The molecule has 1 heterocycles. The smallest absolute Gasteiger partial charge is 0.251 e. The van der Waals surface area contributed by atoms with Gasteiger partial charge in [0.25, 0.3) is 5.91 Å². The number of hydrogen-bond acceptors (Lipinski definition) is 3. The number of aryl methyl sites for hydroxylation is 2. The van der Waals surface area contributed by atoms with E-state index in [9.17, 15) is 4.79 Å². The minimum Gasteiger partial charge on any atom is -0.348 e. The molecule has 31 heavy (non-hydrogen) atoms. The number of carbonyl (C=O) groups is 1. The van der Waals surface area contributed by atoms with E-state index in [1.807, 2.05) is 66.2 Å². The number of amides is 1. The van der Waals surface area contributed by atoms with Crippen molar-refractivity contribution in [3.05, 3.63) is 113 Å². The molecule has 0 aliphatic rings. The Morgan fingerprint density at radius 2 is 1.58 bits per heavy atom. The molecule has 0 atom stereocenters. The number of nitrogens with one attached hydrogen (secondary N) is 1. The van der Waals surface area contributed by atoms with Crippen LogP contribution in [0.25, 0.3) is 5.69 Å². The monoisotopic (exact) mass is 427 g/mol. The number of carbonyl (C=O) groups excluding carboxylic acids is 1. The lowest BCUT2D eigenvalue weighted by molar-refractivity contribution is 0.0951. The summed E-state index contributed by atoms with van der Waals surface area (Å²) in [5, 5.41) is 3.00. The fraction of sp³-hybridized carbons (Fsp3) is 0.154. The highest BCUT2D eigenvalue weighted by atomic mass is 32.2. The second-order valence-corrected chi connectivity index (χ2v) is 8.54. The summed E-state index contributed by atoms with van der Waals surface area (Å²) in [6, 6.07) is 24.5. The molecule has 0 spiro atoms. The van der Waals surface area contributed by atoms with Crippen molar-refractivity contribution < 1.29 is 4.79 Å². The molecule has 5 heteroatoms. The van der Waals surface area contributed by atoms with E-state index in [-0.39, 0.29) is 5.91 Å². The fourth-order valence-corrected chi connectivity index (χ4v) is 4.12. The molecule has 0 saturated carbocycles. The third-order valence-corrected chi connectivity index (χ3v) is 6.22. The van der Waals surface area contributed by atoms with E-state index < -0.39 is 0 Å². The molecule has 0 bridgehead atoms. The second-order valence-electron chi connectivity index (χ2n) is 7.49. The van der Waals surface area contributed by atoms with Gasteiger partial charge in [-0.15, -0.1) is 11.8 Å². The Labute approximate surface area is 187 Å². The van der Waals surface area contributed by atoms with Crippen LogP contribution in [0.1, 0.15) is 32.9 Å². The average molecular weight is 428 g/mol. The summed E-state index contributed by atoms with van der Waals surface area (Å²) >= 11 is 1.80. The first-order valence-electron chi connectivity index (χ1n) is 10.2. The van der Waals surface area contributed by atoms with Crippen molar-refractivity contribution in [3.63, 3.8) is 0 Å². The Morgan fingerprint density at radius 3 is 2.23 bits per heavy atom. The molecule has 4 aromatic rings. The SMILES string of the molecule is Cc1ccc(SCc2ccc(C(=O)NCc3ccc(-n4ccnc4C)cc3)cc2)cc1. The van der Waals surface area contributed by atoms with Crippen LogP contribution in [-0.2, 0) is 12.3 Å². The number of aromatic nitrogens is 2. The Morgan fingerprint density at radius 1 is 0.903 bits per heavy atom. The summed E-state index contributed by atoms with van der Waals surface area (Å²) in [7, 11) is 0. The molecule has 1 amide bonds. The zero-order valence-corrected chi connectivity index (χ0v) is 18.5. The van der Waals surface area contributed by atoms with Crippen LogP contribution in [0.5, 0.6) is 0 Å². The van der Waals surface area contributed by atoms with Gasteiger partial charge >= 0.3 is 0 Å². The highest BCUT2D eigenvalue weighted by molar-refractivity contribution is 7.98. The summed E-state index contributed by atoms with van der Waals surface area (Å²) in [4.78, 5) is 18.0. The van der Waals surface area contributed by atoms with Crippen molar-refractivity contribution in [2.45, 2.75) is 31.0 Å². The van der Waals surface area contributed by atoms with Crippen molar-refractivity contribution in [2.24, 2.45) is 0 Å². The Balaban J connectivity index is 1.29. The van der Waals surface area contributed by atoms with Gasteiger partial charge in [-0.25, -0.2) is 4.98 Å². The molecule has 0 saturated heterocycles. The van der Waals surface area contributed by atoms with Gasteiger partial charge in [-0.05, 0) is 61.4 Å². The molecule has 4 nitrogen and oxygen atoms in total. The first-order chi connectivity index (χ1) is 15.1. The Hall–Kier alpha value is -3.31. The van der Waals surface area contributed by atoms with Gasteiger partial charge in [0, 0.05) is 40.8 Å². The number of benzene rings is 3. The normalized spacial score (nSPS) is 10.8. The first kappa shape index (κ1) is 20.9. The van der Waals surface area contributed by atoms with E-state index in [0.717, 1.165) is 22.8 Å². The first-order valence-corrected chi connectivity index (χ1v) is 11.2. The Kier molecular flexibility index (Phi) is 6.53. The molecule has 0 aliphatic carbocycles. The largest absolute Gasteiger partial charge is 0.348 e. The summed E-state index contributed by atoms with van der Waals surface area (Å²) in [6.45, 7) is 4.56. The predicted octanol–water partition coefficient (Wildman–Crippen LogP) is 5.71. The van der Waals surface area contributed by atoms with Crippen LogP contribution in [0.3, 0.4) is 0 Å². The van der Waals surface area contributed by atoms with E-state index in [0.29, 0.717) is 12.1 Å². The zero-order chi connectivity index (χ0) is 21.6. The molecule has 0 radical (unpaired) electrons. The third-order valence-electron chi connectivity index (χ3n) is 5.14. The molecule has 0 unspecified atom stereocenters. The highest BCUT2D eigenvalue weighted by Gasteiger charge is 2.06. The number of imidazole rings is 1. The lowest BCUT2D eigenvalue weighted by Gasteiger charge is -2.09. The number of nitrogens with zero attached hydrogens (tertiary/aromatic N) is 2. The van der Waals surface area contributed by atoms with Gasteiger partial charge in [0.2, 0.25) is 0 Å². The van der Waals surface area contributed by atoms with Crippen LogP contribution in [0.15, 0.2) is 90.1 Å². The maximum atomic E-state index is 12.5. The van der Waals surface area contributed by atoms with Crippen LogP contribution >= 0.6 is 11.8 Å². The van der Waals surface area contributed by atoms with Crippen molar-refractivity contribution >= 4 is 17.7 Å². The van der Waals surface area contributed by atoms with Gasteiger partial charge in [0.05, 0.1) is 0 Å². The van der Waals surface area contributed by atoms with Gasteiger partial charge in [-0.3, -0.25) is 4.79 Å². The molecule has 1 N–H and O–H groups in total. The summed E-state index contributed by atoms with van der Waals surface area (Å²) in [5.41, 5.74) is 5.26. The minimum atomic E-state index is -0.0627. The zero-order valence-electron chi connectivity index (χ0n) is 17.7.